The largest absolute Gasteiger partial charge is 0.497 e. The zero-order valence-corrected chi connectivity index (χ0v) is 18.2. The lowest BCUT2D eigenvalue weighted by atomic mass is 9.93. The Labute approximate surface area is 179 Å². The Balaban J connectivity index is 1.39. The highest BCUT2D eigenvalue weighted by molar-refractivity contribution is 5.76. The van der Waals surface area contributed by atoms with E-state index >= 15 is 0 Å². The van der Waals surface area contributed by atoms with Gasteiger partial charge in [0.25, 0.3) is 0 Å². The molecule has 2 N–H and O–H groups in total. The van der Waals surface area contributed by atoms with Crippen molar-refractivity contribution in [3.8, 4) is 11.5 Å². The van der Waals surface area contributed by atoms with Gasteiger partial charge in [0.05, 0.1) is 14.2 Å². The topological polar surface area (TPSA) is 79.9 Å². The number of urea groups is 1. The summed E-state index contributed by atoms with van der Waals surface area (Å²) in [6.07, 6.45) is 8.13. The van der Waals surface area contributed by atoms with Crippen LogP contribution in [0.15, 0.2) is 18.2 Å². The minimum Gasteiger partial charge on any atom is -0.497 e. The Morgan fingerprint density at radius 3 is 2.43 bits per heavy atom. The molecule has 2 fully saturated rings. The summed E-state index contributed by atoms with van der Waals surface area (Å²) in [6, 6.07) is 5.96. The summed E-state index contributed by atoms with van der Waals surface area (Å²) in [6.45, 7) is 1.85. The minimum atomic E-state index is 0.0324. The average molecular weight is 418 g/mol. The van der Waals surface area contributed by atoms with Crippen LogP contribution in [-0.4, -0.2) is 50.2 Å². The van der Waals surface area contributed by atoms with Crippen molar-refractivity contribution in [2.24, 2.45) is 5.92 Å². The number of rotatable bonds is 7. The lowest BCUT2D eigenvalue weighted by molar-refractivity contribution is -0.122. The molecule has 0 aromatic heterocycles. The monoisotopic (exact) mass is 417 g/mol. The van der Waals surface area contributed by atoms with E-state index in [9.17, 15) is 9.59 Å². The fourth-order valence-corrected chi connectivity index (χ4v) is 4.40. The molecule has 0 radical (unpaired) electrons. The summed E-state index contributed by atoms with van der Waals surface area (Å²) in [5, 5.41) is 6.18. The first-order chi connectivity index (χ1) is 14.6. The number of hydrogen-bond donors (Lipinski definition) is 2. The first kappa shape index (κ1) is 22.2. The molecule has 2 aliphatic rings. The molecule has 1 aromatic rings. The molecule has 3 rings (SSSR count). The second kappa shape index (κ2) is 11.1. The highest BCUT2D eigenvalue weighted by Gasteiger charge is 2.26. The van der Waals surface area contributed by atoms with E-state index in [1.807, 2.05) is 23.1 Å². The number of benzene rings is 1. The highest BCUT2D eigenvalue weighted by Crippen LogP contribution is 2.25. The molecule has 1 saturated heterocycles. The molecule has 3 amide bonds. The molecule has 0 atom stereocenters. The molecule has 7 nitrogen and oxygen atoms in total. The van der Waals surface area contributed by atoms with Crippen LogP contribution in [-0.2, 0) is 11.3 Å². The molecule has 7 heteroatoms. The van der Waals surface area contributed by atoms with Crippen LogP contribution in [0.2, 0.25) is 0 Å². The van der Waals surface area contributed by atoms with Crippen LogP contribution in [0.25, 0.3) is 0 Å². The first-order valence-electron chi connectivity index (χ1n) is 11.1. The van der Waals surface area contributed by atoms with E-state index in [-0.39, 0.29) is 11.9 Å². The molecule has 1 aliphatic heterocycles. The number of carbonyl (C=O) groups excluding carboxylic acids is 2. The number of likely N-dealkylation sites (tertiary alicyclic amines) is 1. The fraction of sp³-hybridized carbons (Fsp3) is 0.652. The van der Waals surface area contributed by atoms with Crippen LogP contribution in [0.4, 0.5) is 4.79 Å². The molecule has 1 aromatic carbocycles. The van der Waals surface area contributed by atoms with Gasteiger partial charge in [-0.2, -0.15) is 0 Å². The Hall–Kier alpha value is -2.44. The second-order valence-corrected chi connectivity index (χ2v) is 8.37. The predicted molar refractivity (Wildman–Crippen MR) is 116 cm³/mol. The van der Waals surface area contributed by atoms with Gasteiger partial charge in [-0.3, -0.25) is 4.79 Å². The van der Waals surface area contributed by atoms with E-state index in [1.165, 1.54) is 19.3 Å². The normalized spacial score (nSPS) is 18.0. The van der Waals surface area contributed by atoms with Gasteiger partial charge >= 0.3 is 6.03 Å². The fourth-order valence-electron chi connectivity index (χ4n) is 4.40. The van der Waals surface area contributed by atoms with E-state index in [4.69, 9.17) is 9.47 Å². The number of nitrogens with zero attached hydrogens (tertiary/aromatic N) is 1. The van der Waals surface area contributed by atoms with Crippen molar-refractivity contribution < 1.29 is 19.1 Å². The Morgan fingerprint density at radius 1 is 1.03 bits per heavy atom. The van der Waals surface area contributed by atoms with E-state index < -0.39 is 0 Å². The zero-order valence-electron chi connectivity index (χ0n) is 18.2. The van der Waals surface area contributed by atoms with Crippen LogP contribution in [0.1, 0.15) is 56.9 Å². The average Bonchev–Trinajstić information content (AvgIpc) is 2.78. The van der Waals surface area contributed by atoms with Crippen molar-refractivity contribution in [1.29, 1.82) is 0 Å². The number of amides is 3. The van der Waals surface area contributed by atoms with Crippen LogP contribution >= 0.6 is 0 Å². The number of piperidine rings is 1. The summed E-state index contributed by atoms with van der Waals surface area (Å²) in [4.78, 5) is 26.8. The third-order valence-corrected chi connectivity index (χ3v) is 6.27. The van der Waals surface area contributed by atoms with E-state index in [1.54, 1.807) is 14.2 Å². The maximum absolute atomic E-state index is 12.5. The van der Waals surface area contributed by atoms with Crippen molar-refractivity contribution in [1.82, 2.24) is 15.5 Å². The van der Waals surface area contributed by atoms with E-state index in [0.29, 0.717) is 24.9 Å². The van der Waals surface area contributed by atoms with E-state index in [2.05, 4.69) is 10.6 Å². The van der Waals surface area contributed by atoms with Crippen molar-refractivity contribution in [2.75, 3.05) is 27.3 Å². The van der Waals surface area contributed by atoms with Crippen molar-refractivity contribution in [3.05, 3.63) is 23.8 Å². The summed E-state index contributed by atoms with van der Waals surface area (Å²) in [5.41, 5.74) is 0.888. The van der Waals surface area contributed by atoms with Crippen LogP contribution in [0, 0.1) is 5.92 Å². The standard InChI is InChI=1S/C23H35N3O4/c1-29-20-8-9-21(30-2)18(15-20)16-24-22(27)14-17-10-12-26(13-11-17)23(28)25-19-6-4-3-5-7-19/h8-9,15,17,19H,3-7,10-14,16H2,1-2H3,(H,24,27)(H,25,28). The SMILES string of the molecule is COc1ccc(OC)c(CNC(=O)CC2CCN(C(=O)NC3CCCCC3)CC2)c1. The van der Waals surface area contributed by atoms with Crippen molar-refractivity contribution in [3.63, 3.8) is 0 Å². The van der Waals surface area contributed by atoms with Gasteiger partial charge in [-0.1, -0.05) is 19.3 Å². The third kappa shape index (κ3) is 6.28. The van der Waals surface area contributed by atoms with Crippen LogP contribution in [0.3, 0.4) is 0 Å². The maximum atomic E-state index is 12.5. The highest BCUT2D eigenvalue weighted by atomic mass is 16.5. The van der Waals surface area contributed by atoms with Crippen LogP contribution < -0.4 is 20.1 Å². The Morgan fingerprint density at radius 2 is 1.77 bits per heavy atom. The minimum absolute atomic E-state index is 0.0324. The molecular weight excluding hydrogens is 382 g/mol. The zero-order chi connectivity index (χ0) is 21.3. The number of nitrogens with one attached hydrogen (secondary N) is 2. The first-order valence-corrected chi connectivity index (χ1v) is 11.1. The maximum Gasteiger partial charge on any atom is 0.317 e. The molecular formula is C23H35N3O4. The number of methoxy groups -OCH3 is 2. The Kier molecular flexibility index (Phi) is 8.22. The molecule has 1 saturated carbocycles. The predicted octanol–water partition coefficient (Wildman–Crippen LogP) is 3.46. The molecule has 0 unspecified atom stereocenters. The molecule has 166 valence electrons. The van der Waals surface area contributed by atoms with Gasteiger partial charge in [-0.25, -0.2) is 4.79 Å². The molecule has 1 heterocycles. The van der Waals surface area contributed by atoms with Gasteiger partial charge in [0.1, 0.15) is 11.5 Å². The summed E-state index contributed by atoms with van der Waals surface area (Å²) in [7, 11) is 3.23. The summed E-state index contributed by atoms with van der Waals surface area (Å²) < 4.78 is 10.6. The molecule has 0 bridgehead atoms. The van der Waals surface area contributed by atoms with Crippen molar-refractivity contribution >= 4 is 11.9 Å². The van der Waals surface area contributed by atoms with Gasteiger partial charge in [-0.05, 0) is 49.8 Å². The van der Waals surface area contributed by atoms with Gasteiger partial charge in [-0.15, -0.1) is 0 Å². The second-order valence-electron chi connectivity index (χ2n) is 8.37. The smallest absolute Gasteiger partial charge is 0.317 e. The molecule has 30 heavy (non-hydrogen) atoms. The van der Waals surface area contributed by atoms with Gasteiger partial charge in [0, 0.05) is 37.7 Å². The number of hydrogen-bond acceptors (Lipinski definition) is 4. The van der Waals surface area contributed by atoms with Crippen LogP contribution in [0.5, 0.6) is 11.5 Å². The van der Waals surface area contributed by atoms with Gasteiger partial charge in [0.15, 0.2) is 0 Å². The number of ether oxygens (including phenoxy) is 2. The Bertz CT molecular complexity index is 710. The quantitative estimate of drug-likeness (QED) is 0.712. The van der Waals surface area contributed by atoms with E-state index in [0.717, 1.165) is 55.8 Å². The third-order valence-electron chi connectivity index (χ3n) is 6.27. The molecule has 1 aliphatic carbocycles. The molecule has 0 spiro atoms. The lowest BCUT2D eigenvalue weighted by Gasteiger charge is -2.33. The summed E-state index contributed by atoms with van der Waals surface area (Å²) >= 11 is 0. The summed E-state index contributed by atoms with van der Waals surface area (Å²) in [5.74, 6) is 1.81. The van der Waals surface area contributed by atoms with Crippen molar-refractivity contribution in [2.45, 2.75) is 64.0 Å². The van der Waals surface area contributed by atoms with Gasteiger partial charge in [0.2, 0.25) is 5.91 Å². The number of carbonyl (C=O) groups is 2. The lowest BCUT2D eigenvalue weighted by Crippen LogP contribution is -2.48. The van der Waals surface area contributed by atoms with Gasteiger partial charge < -0.3 is 25.0 Å².